The van der Waals surface area contributed by atoms with E-state index in [1.165, 1.54) is 0 Å². The highest BCUT2D eigenvalue weighted by molar-refractivity contribution is 7.58. The Bertz CT molecular complexity index is 190. The van der Waals surface area contributed by atoms with Gasteiger partial charge < -0.3 is 4.89 Å². The number of rotatable bonds is 4. The molecule has 0 aliphatic rings. The van der Waals surface area contributed by atoms with Crippen molar-refractivity contribution in [2.75, 3.05) is 12.3 Å². The Morgan fingerprint density at radius 1 is 1.80 bits per heavy atom. The van der Waals surface area contributed by atoms with E-state index in [4.69, 9.17) is 11.3 Å². The van der Waals surface area contributed by atoms with Gasteiger partial charge in [0.1, 0.15) is 0 Å². The van der Waals surface area contributed by atoms with Crippen molar-refractivity contribution in [1.82, 2.24) is 0 Å². The van der Waals surface area contributed by atoms with Gasteiger partial charge >= 0.3 is 0 Å². The predicted molar refractivity (Wildman–Crippen MR) is 43.2 cm³/mol. The summed E-state index contributed by atoms with van der Waals surface area (Å²) < 4.78 is 10.9. The molecular weight excluding hydrogens is 147 g/mol. The third kappa shape index (κ3) is 4.38. The summed E-state index contributed by atoms with van der Waals surface area (Å²) in [6.45, 7) is 3.44. The standard InChI is InChI=1S/C7H11O2P/c1-3-5-7-10(8,9)6-4-2/h2-3H,1,5-7H2,(H,8,9). The lowest BCUT2D eigenvalue weighted by Crippen LogP contribution is -1.90. The average Bonchev–Trinajstić information content (AvgIpc) is 1.84. The van der Waals surface area contributed by atoms with Gasteiger partial charge in [-0.3, -0.25) is 4.57 Å². The molecule has 2 nitrogen and oxygen atoms in total. The van der Waals surface area contributed by atoms with Gasteiger partial charge in [-0.15, -0.1) is 13.0 Å². The molecule has 0 fully saturated rings. The fourth-order valence-electron chi connectivity index (χ4n) is 0.515. The van der Waals surface area contributed by atoms with Crippen LogP contribution in [0.1, 0.15) is 6.42 Å². The normalized spacial score (nSPS) is 15.2. The molecule has 10 heavy (non-hydrogen) atoms. The molecule has 56 valence electrons. The minimum absolute atomic E-state index is 0.0269. The van der Waals surface area contributed by atoms with E-state index >= 15 is 0 Å². The van der Waals surface area contributed by atoms with Crippen LogP contribution in [0.2, 0.25) is 0 Å². The Labute approximate surface area is 61.4 Å². The van der Waals surface area contributed by atoms with Crippen molar-refractivity contribution in [2.24, 2.45) is 0 Å². The molecule has 0 aliphatic carbocycles. The van der Waals surface area contributed by atoms with Gasteiger partial charge in [0.05, 0.1) is 6.16 Å². The Morgan fingerprint density at radius 2 is 2.40 bits per heavy atom. The summed E-state index contributed by atoms with van der Waals surface area (Å²) >= 11 is 0. The van der Waals surface area contributed by atoms with Crippen molar-refractivity contribution >= 4 is 7.37 Å². The molecule has 1 unspecified atom stereocenters. The fraction of sp³-hybridized carbons (Fsp3) is 0.429. The van der Waals surface area contributed by atoms with E-state index in [2.05, 4.69) is 12.5 Å². The van der Waals surface area contributed by atoms with E-state index in [1.54, 1.807) is 6.08 Å². The first-order chi connectivity index (χ1) is 4.62. The molecular formula is C7H11O2P. The third-order valence-electron chi connectivity index (χ3n) is 1.02. The molecule has 0 saturated heterocycles. The molecule has 0 spiro atoms. The monoisotopic (exact) mass is 158 g/mol. The molecule has 0 radical (unpaired) electrons. The Balaban J connectivity index is 3.77. The van der Waals surface area contributed by atoms with Crippen molar-refractivity contribution in [3.63, 3.8) is 0 Å². The maximum absolute atomic E-state index is 10.9. The van der Waals surface area contributed by atoms with Crippen molar-refractivity contribution in [2.45, 2.75) is 6.42 Å². The molecule has 0 bridgehead atoms. The molecule has 0 saturated carbocycles. The van der Waals surface area contributed by atoms with Gasteiger partial charge in [0.15, 0.2) is 0 Å². The average molecular weight is 158 g/mol. The molecule has 0 aromatic rings. The predicted octanol–water partition coefficient (Wildman–Crippen LogP) is 1.47. The highest BCUT2D eigenvalue weighted by Crippen LogP contribution is 2.40. The molecule has 0 aromatic heterocycles. The highest BCUT2D eigenvalue weighted by atomic mass is 31.2. The zero-order chi connectivity index (χ0) is 8.04. The van der Waals surface area contributed by atoms with Crippen molar-refractivity contribution in [3.8, 4) is 12.3 Å². The summed E-state index contributed by atoms with van der Waals surface area (Å²) in [5.74, 6) is 2.17. The van der Waals surface area contributed by atoms with Crippen LogP contribution in [0.25, 0.3) is 0 Å². The minimum Gasteiger partial charge on any atom is -0.344 e. The van der Waals surface area contributed by atoms with Gasteiger partial charge in [-0.2, -0.15) is 0 Å². The lowest BCUT2D eigenvalue weighted by atomic mass is 10.5. The van der Waals surface area contributed by atoms with Gasteiger partial charge in [0, 0.05) is 6.16 Å². The largest absolute Gasteiger partial charge is 0.344 e. The van der Waals surface area contributed by atoms with Crippen LogP contribution in [0.15, 0.2) is 12.7 Å². The van der Waals surface area contributed by atoms with Crippen LogP contribution in [0.4, 0.5) is 0 Å². The summed E-state index contributed by atoms with van der Waals surface area (Å²) in [5.41, 5.74) is 0. The maximum atomic E-state index is 10.9. The maximum Gasteiger partial charge on any atom is 0.212 e. The van der Waals surface area contributed by atoms with Crippen LogP contribution < -0.4 is 0 Å². The number of hydrogen-bond donors (Lipinski definition) is 1. The zero-order valence-corrected chi connectivity index (χ0v) is 6.68. The molecule has 0 rings (SSSR count). The highest BCUT2D eigenvalue weighted by Gasteiger charge is 2.13. The lowest BCUT2D eigenvalue weighted by Gasteiger charge is -2.04. The van der Waals surface area contributed by atoms with Crippen LogP contribution in [0.3, 0.4) is 0 Å². The summed E-state index contributed by atoms with van der Waals surface area (Å²) in [4.78, 5) is 9.01. The van der Waals surface area contributed by atoms with Crippen molar-refractivity contribution in [1.29, 1.82) is 0 Å². The van der Waals surface area contributed by atoms with Crippen LogP contribution in [-0.2, 0) is 4.57 Å². The molecule has 3 heteroatoms. The Hall–Kier alpha value is -0.510. The van der Waals surface area contributed by atoms with Crippen LogP contribution >= 0.6 is 7.37 Å². The van der Waals surface area contributed by atoms with Gasteiger partial charge in [-0.05, 0) is 6.42 Å². The first-order valence-corrected chi connectivity index (χ1v) is 5.00. The molecule has 0 aromatic carbocycles. The van der Waals surface area contributed by atoms with Crippen molar-refractivity contribution in [3.05, 3.63) is 12.7 Å². The molecule has 0 amide bonds. The van der Waals surface area contributed by atoms with Crippen LogP contribution in [-0.4, -0.2) is 17.2 Å². The second-order valence-corrected chi connectivity index (χ2v) is 4.47. The summed E-state index contributed by atoms with van der Waals surface area (Å²) in [6.07, 6.45) is 7.26. The van der Waals surface area contributed by atoms with Crippen LogP contribution in [0, 0.1) is 12.3 Å². The van der Waals surface area contributed by atoms with Gasteiger partial charge in [0.2, 0.25) is 7.37 Å². The summed E-state index contributed by atoms with van der Waals surface area (Å²) in [6, 6.07) is 0. The lowest BCUT2D eigenvalue weighted by molar-refractivity contribution is 0.482. The van der Waals surface area contributed by atoms with Crippen LogP contribution in [0.5, 0.6) is 0 Å². The van der Waals surface area contributed by atoms with Crippen molar-refractivity contribution < 1.29 is 9.46 Å². The molecule has 0 heterocycles. The second-order valence-electron chi connectivity index (χ2n) is 2.01. The Morgan fingerprint density at radius 3 is 2.80 bits per heavy atom. The minimum atomic E-state index is -3.02. The fourth-order valence-corrected chi connectivity index (χ4v) is 1.54. The summed E-state index contributed by atoms with van der Waals surface area (Å²) in [7, 11) is -3.02. The SMILES string of the molecule is C#CCP(=O)(O)CCC=C. The van der Waals surface area contributed by atoms with E-state index in [-0.39, 0.29) is 12.3 Å². The molecule has 1 atom stereocenters. The topological polar surface area (TPSA) is 37.3 Å². The van der Waals surface area contributed by atoms with E-state index in [0.717, 1.165) is 0 Å². The quantitative estimate of drug-likeness (QED) is 0.382. The number of terminal acetylenes is 1. The van der Waals surface area contributed by atoms with E-state index in [9.17, 15) is 4.57 Å². The number of allylic oxidation sites excluding steroid dienone is 1. The van der Waals surface area contributed by atoms with Gasteiger partial charge in [-0.25, -0.2) is 0 Å². The van der Waals surface area contributed by atoms with Gasteiger partial charge in [-0.1, -0.05) is 12.0 Å². The summed E-state index contributed by atoms with van der Waals surface area (Å²) in [5, 5.41) is 0. The number of hydrogen-bond acceptors (Lipinski definition) is 1. The zero-order valence-electron chi connectivity index (χ0n) is 5.79. The van der Waals surface area contributed by atoms with Gasteiger partial charge in [0.25, 0.3) is 0 Å². The smallest absolute Gasteiger partial charge is 0.212 e. The van der Waals surface area contributed by atoms with E-state index in [1.807, 2.05) is 0 Å². The molecule has 0 aliphatic heterocycles. The first-order valence-electron chi connectivity index (χ1n) is 2.97. The first kappa shape index (κ1) is 9.49. The van der Waals surface area contributed by atoms with E-state index < -0.39 is 7.37 Å². The third-order valence-corrected chi connectivity index (χ3v) is 2.65. The van der Waals surface area contributed by atoms with E-state index in [0.29, 0.717) is 6.42 Å². The molecule has 1 N–H and O–H groups in total. The second kappa shape index (κ2) is 4.33. The Kier molecular flexibility index (Phi) is 4.11.